The maximum absolute atomic E-state index is 5.84. The van der Waals surface area contributed by atoms with Crippen LogP contribution in [0.15, 0.2) is 30.6 Å². The summed E-state index contributed by atoms with van der Waals surface area (Å²) in [5.74, 6) is 1.58. The molecule has 1 aromatic carbocycles. The SMILES string of the molecule is Cc1nc(NC[C@@]2(C)CCCO2)cc(-c2ccc3c(c2)ncn3C)n1. The number of hydrogen-bond donors (Lipinski definition) is 1. The first-order valence-electron chi connectivity index (χ1n) is 8.67. The van der Waals surface area contributed by atoms with E-state index in [1.165, 1.54) is 0 Å². The third kappa shape index (κ3) is 3.22. The van der Waals surface area contributed by atoms with E-state index in [0.717, 1.165) is 59.9 Å². The number of anilines is 1. The van der Waals surface area contributed by atoms with Gasteiger partial charge >= 0.3 is 0 Å². The van der Waals surface area contributed by atoms with Crippen molar-refractivity contribution < 1.29 is 4.74 Å². The number of rotatable bonds is 4. The summed E-state index contributed by atoms with van der Waals surface area (Å²) in [6.07, 6.45) is 4.03. The number of aryl methyl sites for hydroxylation is 2. The molecule has 0 unspecified atom stereocenters. The summed E-state index contributed by atoms with van der Waals surface area (Å²) in [7, 11) is 2.00. The minimum absolute atomic E-state index is 0.105. The van der Waals surface area contributed by atoms with E-state index < -0.39 is 0 Å². The van der Waals surface area contributed by atoms with E-state index in [1.54, 1.807) is 0 Å². The maximum Gasteiger partial charge on any atom is 0.130 e. The average molecular weight is 337 g/mol. The number of imidazole rings is 1. The van der Waals surface area contributed by atoms with Gasteiger partial charge in [0.15, 0.2) is 0 Å². The van der Waals surface area contributed by atoms with Crippen molar-refractivity contribution >= 4 is 16.9 Å². The van der Waals surface area contributed by atoms with Crippen molar-refractivity contribution in [3.8, 4) is 11.3 Å². The van der Waals surface area contributed by atoms with E-state index in [9.17, 15) is 0 Å². The summed E-state index contributed by atoms with van der Waals surface area (Å²) in [5, 5.41) is 3.42. The second-order valence-corrected chi connectivity index (χ2v) is 7.00. The molecule has 2 aromatic heterocycles. The van der Waals surface area contributed by atoms with Crippen LogP contribution in [0, 0.1) is 6.92 Å². The van der Waals surface area contributed by atoms with Gasteiger partial charge in [0.2, 0.25) is 0 Å². The largest absolute Gasteiger partial charge is 0.373 e. The Morgan fingerprint density at radius 3 is 2.96 bits per heavy atom. The Labute approximate surface area is 147 Å². The Bertz CT molecular complexity index is 911. The highest BCUT2D eigenvalue weighted by Gasteiger charge is 2.29. The van der Waals surface area contributed by atoms with Gasteiger partial charge in [0, 0.05) is 31.8 Å². The molecule has 6 nitrogen and oxygen atoms in total. The molecule has 0 spiro atoms. The van der Waals surface area contributed by atoms with Crippen LogP contribution in [0.3, 0.4) is 0 Å². The van der Waals surface area contributed by atoms with Gasteiger partial charge in [0.1, 0.15) is 11.6 Å². The number of nitrogens with zero attached hydrogens (tertiary/aromatic N) is 4. The summed E-state index contributed by atoms with van der Waals surface area (Å²) in [5.41, 5.74) is 3.92. The van der Waals surface area contributed by atoms with Crippen LogP contribution >= 0.6 is 0 Å². The zero-order valence-electron chi connectivity index (χ0n) is 14.9. The highest BCUT2D eigenvalue weighted by Crippen LogP contribution is 2.27. The van der Waals surface area contributed by atoms with Crippen LogP contribution in [0.5, 0.6) is 0 Å². The maximum atomic E-state index is 5.84. The Morgan fingerprint density at radius 2 is 2.16 bits per heavy atom. The van der Waals surface area contributed by atoms with Gasteiger partial charge in [-0.2, -0.15) is 0 Å². The first-order chi connectivity index (χ1) is 12.0. The van der Waals surface area contributed by atoms with Crippen LogP contribution in [0.2, 0.25) is 0 Å². The molecule has 0 bridgehead atoms. The average Bonchev–Trinajstić information content (AvgIpc) is 3.19. The van der Waals surface area contributed by atoms with E-state index in [4.69, 9.17) is 4.74 Å². The molecule has 3 heterocycles. The third-order valence-electron chi connectivity index (χ3n) is 4.80. The van der Waals surface area contributed by atoms with Crippen LogP contribution in [0.4, 0.5) is 5.82 Å². The Hall–Kier alpha value is -2.47. The molecular formula is C19H23N5O. The predicted octanol–water partition coefficient (Wildman–Crippen LogP) is 3.32. The van der Waals surface area contributed by atoms with Gasteiger partial charge in [-0.25, -0.2) is 15.0 Å². The Morgan fingerprint density at radius 1 is 1.28 bits per heavy atom. The van der Waals surface area contributed by atoms with E-state index in [2.05, 4.69) is 45.4 Å². The van der Waals surface area contributed by atoms with Crippen molar-refractivity contribution in [2.45, 2.75) is 32.3 Å². The zero-order chi connectivity index (χ0) is 17.4. The van der Waals surface area contributed by atoms with Crippen molar-refractivity contribution in [2.75, 3.05) is 18.5 Å². The molecule has 1 fully saturated rings. The standard InChI is InChI=1S/C19H23N5O/c1-13-22-15(14-5-6-17-16(9-14)21-12-24(17)3)10-18(23-13)20-11-19(2)7-4-8-25-19/h5-6,9-10,12H,4,7-8,11H2,1-3H3,(H,20,22,23)/t19-/m1/s1. The zero-order valence-corrected chi connectivity index (χ0v) is 14.9. The summed E-state index contributed by atoms with van der Waals surface area (Å²) in [4.78, 5) is 13.6. The number of nitrogens with one attached hydrogen (secondary N) is 1. The molecule has 4 rings (SSSR count). The normalized spacial score (nSPS) is 20.3. The van der Waals surface area contributed by atoms with Crippen LogP contribution in [-0.4, -0.2) is 38.3 Å². The van der Waals surface area contributed by atoms with E-state index in [-0.39, 0.29) is 5.60 Å². The van der Waals surface area contributed by atoms with E-state index in [0.29, 0.717) is 0 Å². The molecule has 1 N–H and O–H groups in total. The molecule has 0 radical (unpaired) electrons. The number of aromatic nitrogens is 4. The molecule has 0 amide bonds. The number of hydrogen-bond acceptors (Lipinski definition) is 5. The van der Waals surface area contributed by atoms with Crippen molar-refractivity contribution in [3.05, 3.63) is 36.4 Å². The molecule has 0 aliphatic carbocycles. The van der Waals surface area contributed by atoms with Gasteiger partial charge < -0.3 is 14.6 Å². The van der Waals surface area contributed by atoms with Crippen LogP contribution in [0.25, 0.3) is 22.3 Å². The molecule has 3 aromatic rings. The fraction of sp³-hybridized carbons (Fsp3) is 0.421. The fourth-order valence-electron chi connectivity index (χ4n) is 3.36. The van der Waals surface area contributed by atoms with Crippen molar-refractivity contribution in [1.82, 2.24) is 19.5 Å². The van der Waals surface area contributed by atoms with Crippen LogP contribution in [0.1, 0.15) is 25.6 Å². The van der Waals surface area contributed by atoms with Gasteiger partial charge in [0.05, 0.1) is 28.7 Å². The van der Waals surface area contributed by atoms with Crippen molar-refractivity contribution in [1.29, 1.82) is 0 Å². The second kappa shape index (κ2) is 6.11. The van der Waals surface area contributed by atoms with Gasteiger partial charge in [-0.3, -0.25) is 0 Å². The van der Waals surface area contributed by atoms with E-state index >= 15 is 0 Å². The molecule has 1 saturated heterocycles. The van der Waals surface area contributed by atoms with Crippen molar-refractivity contribution in [3.63, 3.8) is 0 Å². The lowest BCUT2D eigenvalue weighted by atomic mass is 10.0. The first-order valence-corrected chi connectivity index (χ1v) is 8.67. The Balaban J connectivity index is 1.61. The summed E-state index contributed by atoms with van der Waals surface area (Å²) >= 11 is 0. The quantitative estimate of drug-likeness (QED) is 0.791. The molecule has 0 saturated carbocycles. The molecule has 1 aliphatic rings. The van der Waals surface area contributed by atoms with Crippen LogP contribution < -0.4 is 5.32 Å². The molecule has 6 heteroatoms. The monoisotopic (exact) mass is 337 g/mol. The van der Waals surface area contributed by atoms with Crippen LogP contribution in [-0.2, 0) is 11.8 Å². The molecule has 1 aliphatic heterocycles. The lowest BCUT2D eigenvalue weighted by Crippen LogP contribution is -2.32. The smallest absolute Gasteiger partial charge is 0.130 e. The van der Waals surface area contributed by atoms with E-state index in [1.807, 2.05) is 30.9 Å². The molecule has 25 heavy (non-hydrogen) atoms. The first kappa shape index (κ1) is 16.0. The summed E-state index contributed by atoms with van der Waals surface area (Å²) in [6, 6.07) is 8.23. The van der Waals surface area contributed by atoms with Gasteiger partial charge in [-0.05, 0) is 38.8 Å². The van der Waals surface area contributed by atoms with Gasteiger partial charge in [-0.15, -0.1) is 0 Å². The molecule has 1 atom stereocenters. The number of benzene rings is 1. The topological polar surface area (TPSA) is 64.9 Å². The number of fused-ring (bicyclic) bond motifs is 1. The van der Waals surface area contributed by atoms with Crippen molar-refractivity contribution in [2.24, 2.45) is 7.05 Å². The minimum atomic E-state index is -0.105. The molecular weight excluding hydrogens is 314 g/mol. The van der Waals surface area contributed by atoms with Gasteiger partial charge in [0.25, 0.3) is 0 Å². The Kier molecular flexibility index (Phi) is 3.92. The lowest BCUT2D eigenvalue weighted by Gasteiger charge is -2.23. The summed E-state index contributed by atoms with van der Waals surface area (Å²) in [6.45, 7) is 5.66. The van der Waals surface area contributed by atoms with Gasteiger partial charge in [-0.1, -0.05) is 6.07 Å². The summed E-state index contributed by atoms with van der Waals surface area (Å²) < 4.78 is 7.85. The highest BCUT2D eigenvalue weighted by atomic mass is 16.5. The number of ether oxygens (including phenoxy) is 1. The highest BCUT2D eigenvalue weighted by molar-refractivity contribution is 5.81. The lowest BCUT2D eigenvalue weighted by molar-refractivity contribution is 0.0314. The molecule has 130 valence electrons. The minimum Gasteiger partial charge on any atom is -0.373 e. The fourth-order valence-corrected chi connectivity index (χ4v) is 3.36. The predicted molar refractivity (Wildman–Crippen MR) is 98.6 cm³/mol. The third-order valence-corrected chi connectivity index (χ3v) is 4.80. The second-order valence-electron chi connectivity index (χ2n) is 7.00.